The number of alkyl halides is 1. The van der Waals surface area contributed by atoms with Crippen molar-refractivity contribution in [3.63, 3.8) is 0 Å². The van der Waals surface area contributed by atoms with E-state index in [0.717, 1.165) is 25.9 Å². The van der Waals surface area contributed by atoms with E-state index in [-0.39, 0.29) is 18.6 Å². The Morgan fingerprint density at radius 2 is 2.07 bits per heavy atom. The lowest BCUT2D eigenvalue weighted by Gasteiger charge is -2.26. The predicted molar refractivity (Wildman–Crippen MR) is 53.5 cm³/mol. The molecule has 14 heavy (non-hydrogen) atoms. The lowest BCUT2D eigenvalue weighted by molar-refractivity contribution is 0.0526. The number of piperidine rings is 1. The fraction of sp³-hybridized carbons (Fsp3) is 0.889. The van der Waals surface area contributed by atoms with Gasteiger partial charge in [-0.15, -0.1) is 11.6 Å². The van der Waals surface area contributed by atoms with Gasteiger partial charge in [0.25, 0.3) is 0 Å². The number of carbonyl (C=O) groups excluding carboxylic acids is 1. The van der Waals surface area contributed by atoms with Crippen molar-refractivity contribution >= 4 is 17.7 Å². The van der Waals surface area contributed by atoms with Crippen LogP contribution in [0.1, 0.15) is 19.3 Å². The second kappa shape index (κ2) is 6.09. The summed E-state index contributed by atoms with van der Waals surface area (Å²) in [7, 11) is 0. The number of hydrogen-bond acceptors (Lipinski definition) is 3. The first kappa shape index (κ1) is 11.6. The Bertz CT molecular complexity index is 183. The lowest BCUT2D eigenvalue weighted by Crippen LogP contribution is -2.37. The topological polar surface area (TPSA) is 49.8 Å². The molecule has 0 spiro atoms. The van der Waals surface area contributed by atoms with Crippen LogP contribution in [0.3, 0.4) is 0 Å². The van der Waals surface area contributed by atoms with E-state index in [2.05, 4.69) is 0 Å². The maximum absolute atomic E-state index is 11.4. The molecular formula is C9H16ClNO3. The van der Waals surface area contributed by atoms with Crippen LogP contribution in [0.5, 0.6) is 0 Å². The summed E-state index contributed by atoms with van der Waals surface area (Å²) in [6.45, 7) is 1.50. The molecule has 0 aromatic carbocycles. The molecule has 0 radical (unpaired) electrons. The van der Waals surface area contributed by atoms with E-state index < -0.39 is 6.10 Å². The van der Waals surface area contributed by atoms with E-state index in [1.54, 1.807) is 4.90 Å². The second-order valence-corrected chi connectivity index (χ2v) is 3.74. The first-order valence-corrected chi connectivity index (χ1v) is 5.43. The number of carbonyl (C=O) groups is 1. The number of rotatable bonds is 3. The first-order valence-electron chi connectivity index (χ1n) is 4.89. The minimum atomic E-state index is -0.759. The van der Waals surface area contributed by atoms with E-state index in [4.69, 9.17) is 21.4 Å². The average molecular weight is 222 g/mol. The number of aliphatic hydroxyl groups excluding tert-OH is 1. The number of likely N-dealkylation sites (tertiary alicyclic amines) is 1. The minimum Gasteiger partial charge on any atom is -0.447 e. The summed E-state index contributed by atoms with van der Waals surface area (Å²) in [5, 5.41) is 9.08. The second-order valence-electron chi connectivity index (χ2n) is 3.43. The summed E-state index contributed by atoms with van der Waals surface area (Å²) in [6, 6.07) is 0. The van der Waals surface area contributed by atoms with E-state index >= 15 is 0 Å². The number of nitrogens with zero attached hydrogens (tertiary/aromatic N) is 1. The van der Waals surface area contributed by atoms with Crippen LogP contribution in [-0.4, -0.2) is 47.8 Å². The Hall–Kier alpha value is -0.480. The van der Waals surface area contributed by atoms with Crippen molar-refractivity contribution < 1.29 is 14.6 Å². The van der Waals surface area contributed by atoms with Gasteiger partial charge in [0.05, 0.1) is 5.88 Å². The maximum Gasteiger partial charge on any atom is 0.409 e. The molecule has 1 rings (SSSR count). The van der Waals surface area contributed by atoms with Crippen molar-refractivity contribution in [3.8, 4) is 0 Å². The molecule has 0 bridgehead atoms. The molecule has 1 amide bonds. The molecule has 0 aromatic rings. The van der Waals surface area contributed by atoms with E-state index in [9.17, 15) is 4.79 Å². The van der Waals surface area contributed by atoms with Gasteiger partial charge in [-0.25, -0.2) is 4.79 Å². The summed E-state index contributed by atoms with van der Waals surface area (Å²) < 4.78 is 4.89. The molecular weight excluding hydrogens is 206 g/mol. The first-order chi connectivity index (χ1) is 6.74. The normalized spacial score (nSPS) is 19.1. The summed E-state index contributed by atoms with van der Waals surface area (Å²) >= 11 is 5.37. The molecule has 1 N–H and O–H groups in total. The monoisotopic (exact) mass is 221 g/mol. The van der Waals surface area contributed by atoms with Crippen LogP contribution in [-0.2, 0) is 4.74 Å². The Labute approximate surface area is 88.8 Å². The molecule has 5 heteroatoms. The quantitative estimate of drug-likeness (QED) is 0.729. The molecule has 0 saturated carbocycles. The molecule has 82 valence electrons. The van der Waals surface area contributed by atoms with Gasteiger partial charge < -0.3 is 14.7 Å². The highest BCUT2D eigenvalue weighted by Crippen LogP contribution is 2.09. The highest BCUT2D eigenvalue weighted by molar-refractivity contribution is 6.18. The SMILES string of the molecule is O=C(OCC(O)CCl)N1CCCCC1. The van der Waals surface area contributed by atoms with Crippen LogP contribution in [0.2, 0.25) is 0 Å². The van der Waals surface area contributed by atoms with Crippen LogP contribution in [0.4, 0.5) is 4.79 Å². The Morgan fingerprint density at radius 1 is 1.43 bits per heavy atom. The van der Waals surface area contributed by atoms with Crippen LogP contribution in [0, 0.1) is 0 Å². The number of hydrogen-bond donors (Lipinski definition) is 1. The predicted octanol–water partition coefficient (Wildman–Crippen LogP) is 1.21. The van der Waals surface area contributed by atoms with Crippen molar-refractivity contribution in [2.45, 2.75) is 25.4 Å². The summed E-state index contributed by atoms with van der Waals surface area (Å²) in [6.07, 6.45) is 2.15. The maximum atomic E-state index is 11.4. The zero-order valence-corrected chi connectivity index (χ0v) is 8.87. The fourth-order valence-electron chi connectivity index (χ4n) is 1.38. The summed E-state index contributed by atoms with van der Waals surface area (Å²) in [4.78, 5) is 13.0. The molecule has 0 aromatic heterocycles. The standard InChI is InChI=1S/C9H16ClNO3/c10-6-8(12)7-14-9(13)11-4-2-1-3-5-11/h8,12H,1-7H2. The van der Waals surface area contributed by atoms with Gasteiger partial charge in [0.1, 0.15) is 12.7 Å². The van der Waals surface area contributed by atoms with Crippen molar-refractivity contribution in [2.75, 3.05) is 25.6 Å². The van der Waals surface area contributed by atoms with Gasteiger partial charge >= 0.3 is 6.09 Å². The number of aliphatic hydroxyl groups is 1. The highest BCUT2D eigenvalue weighted by atomic mass is 35.5. The summed E-state index contributed by atoms with van der Waals surface area (Å²) in [5.74, 6) is 0.0906. The van der Waals surface area contributed by atoms with E-state index in [1.807, 2.05) is 0 Å². The third-order valence-electron chi connectivity index (χ3n) is 2.19. The molecule has 1 unspecified atom stereocenters. The number of amides is 1. The Morgan fingerprint density at radius 3 is 2.64 bits per heavy atom. The van der Waals surface area contributed by atoms with Crippen molar-refractivity contribution in [3.05, 3.63) is 0 Å². The Kier molecular flexibility index (Phi) is 5.04. The zero-order chi connectivity index (χ0) is 10.4. The van der Waals surface area contributed by atoms with Gasteiger partial charge in [-0.1, -0.05) is 0 Å². The molecule has 1 fully saturated rings. The van der Waals surface area contributed by atoms with Crippen molar-refractivity contribution in [1.82, 2.24) is 4.90 Å². The molecule has 1 aliphatic heterocycles. The smallest absolute Gasteiger partial charge is 0.409 e. The van der Waals surface area contributed by atoms with E-state index in [0.29, 0.717) is 0 Å². The Balaban J connectivity index is 2.19. The molecule has 0 aliphatic carbocycles. The third kappa shape index (κ3) is 3.72. The molecule has 1 saturated heterocycles. The number of ether oxygens (including phenoxy) is 1. The lowest BCUT2D eigenvalue weighted by atomic mass is 10.1. The van der Waals surface area contributed by atoms with Gasteiger partial charge in [0.2, 0.25) is 0 Å². The molecule has 1 aliphatic rings. The average Bonchev–Trinajstić information content (AvgIpc) is 2.26. The fourth-order valence-corrected chi connectivity index (χ4v) is 1.47. The number of halogens is 1. The van der Waals surface area contributed by atoms with Crippen LogP contribution >= 0.6 is 11.6 Å². The van der Waals surface area contributed by atoms with Gasteiger partial charge in [-0.05, 0) is 19.3 Å². The highest BCUT2D eigenvalue weighted by Gasteiger charge is 2.18. The van der Waals surface area contributed by atoms with Crippen LogP contribution in [0.15, 0.2) is 0 Å². The minimum absolute atomic E-state index is 0.0150. The van der Waals surface area contributed by atoms with E-state index in [1.165, 1.54) is 6.42 Å². The van der Waals surface area contributed by atoms with Gasteiger partial charge in [-0.3, -0.25) is 0 Å². The molecule has 1 heterocycles. The van der Waals surface area contributed by atoms with Crippen LogP contribution < -0.4 is 0 Å². The van der Waals surface area contributed by atoms with Crippen molar-refractivity contribution in [2.24, 2.45) is 0 Å². The molecule has 1 atom stereocenters. The van der Waals surface area contributed by atoms with Crippen LogP contribution in [0.25, 0.3) is 0 Å². The van der Waals surface area contributed by atoms with Gasteiger partial charge in [-0.2, -0.15) is 0 Å². The molecule has 4 nitrogen and oxygen atoms in total. The zero-order valence-electron chi connectivity index (χ0n) is 8.12. The summed E-state index contributed by atoms with van der Waals surface area (Å²) in [5.41, 5.74) is 0. The third-order valence-corrected chi connectivity index (χ3v) is 2.55. The van der Waals surface area contributed by atoms with Gasteiger partial charge in [0.15, 0.2) is 0 Å². The largest absolute Gasteiger partial charge is 0.447 e. The van der Waals surface area contributed by atoms with Gasteiger partial charge in [0, 0.05) is 13.1 Å². The van der Waals surface area contributed by atoms with Crippen molar-refractivity contribution in [1.29, 1.82) is 0 Å².